The summed E-state index contributed by atoms with van der Waals surface area (Å²) < 4.78 is 1.46. The highest BCUT2D eigenvalue weighted by atomic mass is 32.1. The number of fused-ring (bicyclic) bond motifs is 6. The molecule has 220 valence electrons. The molecule has 2 aromatic heterocycles. The van der Waals surface area contributed by atoms with E-state index >= 15 is 0 Å². The van der Waals surface area contributed by atoms with E-state index in [2.05, 4.69) is 13.8 Å². The van der Waals surface area contributed by atoms with E-state index in [1.54, 1.807) is 0 Å². The Bertz CT molecular complexity index is 1490. The molecule has 0 aliphatic carbocycles. The van der Waals surface area contributed by atoms with Gasteiger partial charge in [0, 0.05) is 44.0 Å². The van der Waals surface area contributed by atoms with E-state index in [0.29, 0.717) is 56.9 Å². The van der Waals surface area contributed by atoms with Gasteiger partial charge in [0.05, 0.1) is 22.3 Å². The lowest BCUT2D eigenvalue weighted by Gasteiger charge is -2.33. The van der Waals surface area contributed by atoms with Crippen LogP contribution in [-0.2, 0) is 0 Å². The van der Waals surface area contributed by atoms with Crippen LogP contribution in [0.5, 0.6) is 0 Å². The van der Waals surface area contributed by atoms with Gasteiger partial charge in [0.1, 0.15) is 0 Å². The topological polar surface area (TPSA) is 74.8 Å². The number of thiophene rings is 2. The average Bonchev–Trinajstić information content (AvgIpc) is 3.66. The number of carbonyl (C=O) groups is 4. The van der Waals surface area contributed by atoms with Gasteiger partial charge >= 0.3 is 0 Å². The van der Waals surface area contributed by atoms with Crippen LogP contribution in [0.15, 0.2) is 22.9 Å². The molecular weight excluding hydrogens is 565 g/mol. The van der Waals surface area contributed by atoms with Crippen molar-refractivity contribution in [2.75, 3.05) is 13.1 Å². The fraction of sp³-hybridized carbons (Fsp3) is 0.471. The molecule has 4 amide bonds. The van der Waals surface area contributed by atoms with Crippen molar-refractivity contribution in [2.45, 2.75) is 90.9 Å². The van der Waals surface area contributed by atoms with E-state index < -0.39 is 0 Å². The molecule has 0 N–H and O–H groups in total. The van der Waals surface area contributed by atoms with E-state index in [-0.39, 0.29) is 23.6 Å². The van der Waals surface area contributed by atoms with Crippen molar-refractivity contribution in [3.63, 3.8) is 0 Å². The molecule has 8 heteroatoms. The third-order valence-corrected chi connectivity index (χ3v) is 10.7. The lowest BCUT2D eigenvalue weighted by Crippen LogP contribution is -2.44. The zero-order valence-electron chi connectivity index (χ0n) is 24.6. The quantitative estimate of drug-likeness (QED) is 0.107. The Hall–Kier alpha value is -3.10. The van der Waals surface area contributed by atoms with Gasteiger partial charge in [-0.25, -0.2) is 0 Å². The highest BCUT2D eigenvalue weighted by Crippen LogP contribution is 2.49. The fourth-order valence-electron chi connectivity index (χ4n) is 6.73. The summed E-state index contributed by atoms with van der Waals surface area (Å²) >= 11 is 2.86. The monoisotopic (exact) mass is 602 g/mol. The van der Waals surface area contributed by atoms with Crippen LogP contribution in [0.1, 0.15) is 132 Å². The maximum Gasteiger partial charge on any atom is 0.262 e. The third-order valence-electron chi connectivity index (χ3n) is 8.88. The molecule has 2 aromatic carbocycles. The largest absolute Gasteiger partial charge is 0.274 e. The summed E-state index contributed by atoms with van der Waals surface area (Å²) in [6.07, 6.45) is 12.7. The first-order valence-corrected chi connectivity index (χ1v) is 17.4. The summed E-state index contributed by atoms with van der Waals surface area (Å²) in [6.45, 7) is 5.11. The summed E-state index contributed by atoms with van der Waals surface area (Å²) in [5.41, 5.74) is 1.87. The first-order chi connectivity index (χ1) is 20.5. The molecule has 4 heterocycles. The molecule has 42 heavy (non-hydrogen) atoms. The van der Waals surface area contributed by atoms with Crippen LogP contribution in [0.4, 0.5) is 0 Å². The predicted octanol–water partition coefficient (Wildman–Crippen LogP) is 9.18. The van der Waals surface area contributed by atoms with E-state index in [4.69, 9.17) is 0 Å². The minimum absolute atomic E-state index is 0.310. The van der Waals surface area contributed by atoms with Crippen LogP contribution in [0, 0.1) is 0 Å². The van der Waals surface area contributed by atoms with Crippen molar-refractivity contribution >= 4 is 77.2 Å². The number of imide groups is 2. The summed E-state index contributed by atoms with van der Waals surface area (Å²) in [6, 6.07) is 3.79. The Morgan fingerprint density at radius 2 is 0.857 bits per heavy atom. The van der Waals surface area contributed by atoms with Crippen LogP contribution in [0.25, 0.3) is 30.9 Å². The molecule has 6 rings (SSSR count). The molecule has 0 saturated heterocycles. The van der Waals surface area contributed by atoms with Gasteiger partial charge in [0.25, 0.3) is 23.6 Å². The zero-order chi connectivity index (χ0) is 29.4. The second kappa shape index (κ2) is 12.3. The van der Waals surface area contributed by atoms with Gasteiger partial charge in [0.15, 0.2) is 0 Å². The molecule has 0 saturated carbocycles. The zero-order valence-corrected chi connectivity index (χ0v) is 26.2. The maximum atomic E-state index is 14.1. The van der Waals surface area contributed by atoms with Crippen molar-refractivity contribution in [3.05, 3.63) is 45.1 Å². The van der Waals surface area contributed by atoms with Gasteiger partial charge in [0.2, 0.25) is 0 Å². The van der Waals surface area contributed by atoms with E-state index in [9.17, 15) is 19.2 Å². The molecule has 4 aromatic rings. The molecular formula is C34H38N2O4S2. The van der Waals surface area contributed by atoms with Gasteiger partial charge in [-0.1, -0.05) is 78.1 Å². The number of hydrogen-bond acceptors (Lipinski definition) is 6. The standard InChI is InChI=1S/C34H38N2O4S2/c1-3-5-7-9-11-13-17-35-31(37)23-21-15-19-42-30(21)28-26-24(22-16-20-41-29(22)27(25(23)26)33(35)39)32(38)36(34(28)40)18-14-12-10-8-6-4-2/h15-16,19-20H,3-14,17-18H2,1-2H3. The van der Waals surface area contributed by atoms with Crippen LogP contribution in [0.2, 0.25) is 0 Å². The van der Waals surface area contributed by atoms with Crippen molar-refractivity contribution in [1.82, 2.24) is 9.80 Å². The van der Waals surface area contributed by atoms with Crippen molar-refractivity contribution in [3.8, 4) is 0 Å². The molecule has 2 aliphatic heterocycles. The first-order valence-electron chi connectivity index (χ1n) is 15.6. The number of nitrogens with zero attached hydrogens (tertiary/aromatic N) is 2. The number of rotatable bonds is 14. The summed E-state index contributed by atoms with van der Waals surface area (Å²) in [4.78, 5) is 59.2. The first kappa shape index (κ1) is 29.0. The molecule has 0 atom stereocenters. The molecule has 0 spiro atoms. The fourth-order valence-corrected chi connectivity index (χ4v) is 8.62. The lowest BCUT2D eigenvalue weighted by molar-refractivity contribution is 0.0590. The Labute approximate surface area is 254 Å². The molecule has 6 nitrogen and oxygen atoms in total. The number of benzene rings is 2. The number of carbonyl (C=O) groups excluding carboxylic acids is 4. The Morgan fingerprint density at radius 3 is 1.26 bits per heavy atom. The van der Waals surface area contributed by atoms with E-state index in [0.717, 1.165) is 60.8 Å². The van der Waals surface area contributed by atoms with Gasteiger partial charge in [-0.05, 0) is 35.7 Å². The highest BCUT2D eigenvalue weighted by molar-refractivity contribution is 7.18. The number of amides is 4. The molecule has 0 fully saturated rings. The lowest BCUT2D eigenvalue weighted by atomic mass is 9.82. The predicted molar refractivity (Wildman–Crippen MR) is 172 cm³/mol. The minimum atomic E-state index is -0.313. The Morgan fingerprint density at radius 1 is 0.500 bits per heavy atom. The van der Waals surface area contributed by atoms with Crippen LogP contribution < -0.4 is 0 Å². The molecule has 2 aliphatic rings. The number of unbranched alkanes of at least 4 members (excludes halogenated alkanes) is 10. The summed E-state index contributed by atoms with van der Waals surface area (Å²) in [5, 5.41) is 6.22. The molecule has 0 radical (unpaired) electrons. The van der Waals surface area contributed by atoms with Gasteiger partial charge in [-0.3, -0.25) is 29.0 Å². The van der Waals surface area contributed by atoms with Crippen LogP contribution in [-0.4, -0.2) is 46.5 Å². The van der Waals surface area contributed by atoms with Crippen LogP contribution >= 0.6 is 22.7 Å². The second-order valence-electron chi connectivity index (χ2n) is 11.6. The SMILES string of the molecule is CCCCCCCCN1C(=O)c2c3ccsc3c3c4c(c5ccsc5c(c24)C1=O)C(=O)N(CCCCCCCC)C3=O. The third kappa shape index (κ3) is 4.67. The summed E-state index contributed by atoms with van der Waals surface area (Å²) in [7, 11) is 0. The second-order valence-corrected chi connectivity index (χ2v) is 13.5. The minimum Gasteiger partial charge on any atom is -0.274 e. The van der Waals surface area contributed by atoms with E-state index in [1.165, 1.54) is 58.2 Å². The number of hydrogen-bond donors (Lipinski definition) is 0. The Balaban J connectivity index is 1.45. The average molecular weight is 603 g/mol. The molecule has 0 bridgehead atoms. The van der Waals surface area contributed by atoms with Crippen molar-refractivity contribution in [1.29, 1.82) is 0 Å². The van der Waals surface area contributed by atoms with E-state index in [1.807, 2.05) is 22.9 Å². The van der Waals surface area contributed by atoms with Gasteiger partial charge in [-0.15, -0.1) is 22.7 Å². The van der Waals surface area contributed by atoms with Crippen molar-refractivity contribution < 1.29 is 19.2 Å². The maximum absolute atomic E-state index is 14.1. The highest BCUT2D eigenvalue weighted by Gasteiger charge is 2.43. The van der Waals surface area contributed by atoms with Crippen LogP contribution in [0.3, 0.4) is 0 Å². The smallest absolute Gasteiger partial charge is 0.262 e. The summed E-state index contributed by atoms with van der Waals surface area (Å²) in [5.74, 6) is -1.25. The normalized spacial score (nSPS) is 14.9. The Kier molecular flexibility index (Phi) is 8.46. The van der Waals surface area contributed by atoms with Gasteiger partial charge in [-0.2, -0.15) is 0 Å². The van der Waals surface area contributed by atoms with Crippen molar-refractivity contribution in [2.24, 2.45) is 0 Å². The van der Waals surface area contributed by atoms with Gasteiger partial charge < -0.3 is 0 Å². The molecule has 0 unspecified atom stereocenters.